The van der Waals surface area contributed by atoms with Gasteiger partial charge in [-0.1, -0.05) is 6.42 Å². The van der Waals surface area contributed by atoms with Crippen molar-refractivity contribution >= 4 is 34.8 Å². The minimum atomic E-state index is -3.03. The monoisotopic (exact) mass is 264 g/mol. The molecule has 1 fully saturated rings. The molecule has 1 aliphatic rings. The number of nitrogens with two attached hydrogens (primary N) is 1. The van der Waals surface area contributed by atoms with Gasteiger partial charge in [-0.15, -0.1) is 24.8 Å². The number of piperidine rings is 1. The van der Waals surface area contributed by atoms with Crippen LogP contribution in [0.25, 0.3) is 0 Å². The van der Waals surface area contributed by atoms with Crippen molar-refractivity contribution in [1.82, 2.24) is 4.31 Å². The minimum absolute atomic E-state index is 0. The summed E-state index contributed by atoms with van der Waals surface area (Å²) in [4.78, 5) is 0. The van der Waals surface area contributed by atoms with Crippen molar-refractivity contribution in [2.24, 2.45) is 5.73 Å². The fourth-order valence-electron chi connectivity index (χ4n) is 1.65. The minimum Gasteiger partial charge on any atom is -0.329 e. The summed E-state index contributed by atoms with van der Waals surface area (Å²) in [6, 6.07) is 0.0359. The molecule has 0 spiro atoms. The number of halogens is 2. The van der Waals surface area contributed by atoms with Crippen LogP contribution in [0.15, 0.2) is 0 Å². The molecule has 14 heavy (non-hydrogen) atoms. The smallest absolute Gasteiger partial charge is 0.211 e. The van der Waals surface area contributed by atoms with Crippen LogP contribution in [0.3, 0.4) is 0 Å². The van der Waals surface area contributed by atoms with E-state index in [4.69, 9.17) is 5.73 Å². The molecule has 1 unspecified atom stereocenters. The van der Waals surface area contributed by atoms with Crippen LogP contribution < -0.4 is 5.73 Å². The van der Waals surface area contributed by atoms with E-state index >= 15 is 0 Å². The Morgan fingerprint density at radius 3 is 2.29 bits per heavy atom. The summed E-state index contributed by atoms with van der Waals surface area (Å²) in [5, 5.41) is 0. The van der Waals surface area contributed by atoms with Crippen molar-refractivity contribution in [2.75, 3.05) is 19.3 Å². The highest BCUT2D eigenvalue weighted by Gasteiger charge is 2.27. The predicted molar refractivity (Wildman–Crippen MR) is 62.7 cm³/mol. The largest absolute Gasteiger partial charge is 0.329 e. The second-order valence-electron chi connectivity index (χ2n) is 3.26. The van der Waals surface area contributed by atoms with Crippen molar-refractivity contribution < 1.29 is 8.42 Å². The SMILES string of the molecule is CS(=O)(=O)N1CCCCC1CN.Cl.Cl. The van der Waals surface area contributed by atoms with Crippen molar-refractivity contribution in [2.45, 2.75) is 25.3 Å². The van der Waals surface area contributed by atoms with Gasteiger partial charge in [0.2, 0.25) is 10.0 Å². The highest BCUT2D eigenvalue weighted by Crippen LogP contribution is 2.18. The standard InChI is InChI=1S/C7H16N2O2S.2ClH/c1-12(10,11)9-5-3-2-4-7(9)6-8;;/h7H,2-6,8H2,1H3;2*1H. The van der Waals surface area contributed by atoms with E-state index in [9.17, 15) is 8.42 Å². The Hall–Kier alpha value is 0.450. The van der Waals surface area contributed by atoms with Gasteiger partial charge in [-0.25, -0.2) is 8.42 Å². The molecule has 2 N–H and O–H groups in total. The summed E-state index contributed by atoms with van der Waals surface area (Å²) < 4.78 is 24.0. The molecule has 1 aliphatic heterocycles. The van der Waals surface area contributed by atoms with Gasteiger partial charge < -0.3 is 5.73 Å². The third-order valence-electron chi connectivity index (χ3n) is 2.27. The average molecular weight is 265 g/mol. The van der Waals surface area contributed by atoms with Gasteiger partial charge in [0.05, 0.1) is 6.26 Å². The van der Waals surface area contributed by atoms with Crippen molar-refractivity contribution in [3.8, 4) is 0 Å². The molecule has 1 rings (SSSR count). The van der Waals surface area contributed by atoms with Gasteiger partial charge in [-0.05, 0) is 12.8 Å². The lowest BCUT2D eigenvalue weighted by molar-refractivity contribution is 0.259. The zero-order chi connectivity index (χ0) is 9.19. The highest BCUT2D eigenvalue weighted by molar-refractivity contribution is 7.88. The maximum Gasteiger partial charge on any atom is 0.211 e. The topological polar surface area (TPSA) is 63.4 Å². The molecule has 7 heteroatoms. The molecular formula is C7H18Cl2N2O2S. The van der Waals surface area contributed by atoms with E-state index in [2.05, 4.69) is 0 Å². The first-order chi connectivity index (χ1) is 5.55. The molecule has 0 aromatic heterocycles. The maximum absolute atomic E-state index is 11.2. The summed E-state index contributed by atoms with van der Waals surface area (Å²) in [6.07, 6.45) is 4.21. The van der Waals surface area contributed by atoms with Crippen LogP contribution in [0.4, 0.5) is 0 Å². The lowest BCUT2D eigenvalue weighted by atomic mass is 10.1. The van der Waals surface area contributed by atoms with E-state index in [0.29, 0.717) is 13.1 Å². The van der Waals surface area contributed by atoms with Gasteiger partial charge in [0.15, 0.2) is 0 Å². The molecule has 0 amide bonds. The van der Waals surface area contributed by atoms with E-state index in [1.807, 2.05) is 0 Å². The van der Waals surface area contributed by atoms with Gasteiger partial charge in [0.1, 0.15) is 0 Å². The summed E-state index contributed by atoms with van der Waals surface area (Å²) in [5.41, 5.74) is 5.48. The van der Waals surface area contributed by atoms with E-state index < -0.39 is 10.0 Å². The number of nitrogens with zero attached hydrogens (tertiary/aromatic N) is 1. The Morgan fingerprint density at radius 1 is 1.36 bits per heavy atom. The van der Waals surface area contributed by atoms with E-state index in [1.165, 1.54) is 10.6 Å². The van der Waals surface area contributed by atoms with E-state index in [-0.39, 0.29) is 30.9 Å². The molecule has 0 radical (unpaired) electrons. The normalized spacial score (nSPS) is 23.4. The summed E-state index contributed by atoms with van der Waals surface area (Å²) in [7, 11) is -3.03. The molecule has 0 saturated carbocycles. The van der Waals surface area contributed by atoms with Gasteiger partial charge in [0.25, 0.3) is 0 Å². The van der Waals surface area contributed by atoms with Crippen LogP contribution in [-0.4, -0.2) is 38.1 Å². The van der Waals surface area contributed by atoms with Crippen LogP contribution in [0.1, 0.15) is 19.3 Å². The molecule has 0 aromatic carbocycles. The summed E-state index contributed by atoms with van der Waals surface area (Å²) in [6.45, 7) is 1.08. The van der Waals surface area contributed by atoms with Crippen molar-refractivity contribution in [3.05, 3.63) is 0 Å². The van der Waals surface area contributed by atoms with Gasteiger partial charge in [0, 0.05) is 19.1 Å². The molecule has 0 aromatic rings. The van der Waals surface area contributed by atoms with Crippen LogP contribution in [0.2, 0.25) is 0 Å². The second kappa shape index (κ2) is 6.85. The zero-order valence-corrected chi connectivity index (χ0v) is 10.6. The predicted octanol–water partition coefficient (Wildman–Crippen LogP) is 0.603. The molecular weight excluding hydrogens is 247 g/mol. The zero-order valence-electron chi connectivity index (χ0n) is 8.18. The highest BCUT2D eigenvalue weighted by atomic mass is 35.5. The molecule has 1 atom stereocenters. The molecule has 88 valence electrons. The van der Waals surface area contributed by atoms with Gasteiger partial charge >= 0.3 is 0 Å². The summed E-state index contributed by atoms with van der Waals surface area (Å²) in [5.74, 6) is 0. The first kappa shape index (κ1) is 16.9. The third kappa shape index (κ3) is 4.31. The fraction of sp³-hybridized carbons (Fsp3) is 1.00. The Bertz CT molecular complexity index is 246. The number of sulfonamides is 1. The fourth-order valence-corrected chi connectivity index (χ4v) is 2.84. The average Bonchev–Trinajstić information content (AvgIpc) is 2.03. The number of rotatable bonds is 2. The third-order valence-corrected chi connectivity index (χ3v) is 3.60. The molecule has 0 bridgehead atoms. The molecule has 0 aliphatic carbocycles. The van der Waals surface area contributed by atoms with E-state index in [0.717, 1.165) is 19.3 Å². The lowest BCUT2D eigenvalue weighted by Crippen LogP contribution is -2.46. The van der Waals surface area contributed by atoms with Crippen molar-refractivity contribution in [1.29, 1.82) is 0 Å². The van der Waals surface area contributed by atoms with Gasteiger partial charge in [-0.2, -0.15) is 4.31 Å². The molecule has 1 saturated heterocycles. The molecule has 1 heterocycles. The first-order valence-electron chi connectivity index (χ1n) is 4.22. The van der Waals surface area contributed by atoms with Crippen LogP contribution in [0, 0.1) is 0 Å². The van der Waals surface area contributed by atoms with Crippen LogP contribution in [0.5, 0.6) is 0 Å². The van der Waals surface area contributed by atoms with Gasteiger partial charge in [-0.3, -0.25) is 0 Å². The van der Waals surface area contributed by atoms with Crippen LogP contribution in [-0.2, 0) is 10.0 Å². The second-order valence-corrected chi connectivity index (χ2v) is 5.19. The Balaban J connectivity index is 0. The maximum atomic E-state index is 11.2. The lowest BCUT2D eigenvalue weighted by Gasteiger charge is -2.32. The number of hydrogen-bond donors (Lipinski definition) is 1. The van der Waals surface area contributed by atoms with E-state index in [1.54, 1.807) is 0 Å². The quantitative estimate of drug-likeness (QED) is 0.795. The molecule has 4 nitrogen and oxygen atoms in total. The number of hydrogen-bond acceptors (Lipinski definition) is 3. The Morgan fingerprint density at radius 2 is 1.93 bits per heavy atom. The van der Waals surface area contributed by atoms with Crippen LogP contribution >= 0.6 is 24.8 Å². The Labute approximate surface area is 98.1 Å². The summed E-state index contributed by atoms with van der Waals surface area (Å²) >= 11 is 0. The van der Waals surface area contributed by atoms with Crippen molar-refractivity contribution in [3.63, 3.8) is 0 Å². The first-order valence-corrected chi connectivity index (χ1v) is 6.07. The Kier molecular flexibility index (Phi) is 8.25.